The molecule has 1 fully saturated rings. The molecule has 5 heteroatoms. The summed E-state index contributed by atoms with van der Waals surface area (Å²) in [6.07, 6.45) is 1.32. The third-order valence-corrected chi connectivity index (χ3v) is 3.63. The van der Waals surface area contributed by atoms with Crippen molar-refractivity contribution >= 4 is 5.97 Å². The molecule has 5 nitrogen and oxygen atoms in total. The number of carboxylic acids is 1. The lowest BCUT2D eigenvalue weighted by Gasteiger charge is -2.21. The Hall–Kier alpha value is -1.75. The highest BCUT2D eigenvalue weighted by molar-refractivity contribution is 5.74. The van der Waals surface area contributed by atoms with Gasteiger partial charge in [0.05, 0.1) is 25.7 Å². The molecule has 0 aromatic heterocycles. The molecule has 21 heavy (non-hydrogen) atoms. The van der Waals surface area contributed by atoms with Crippen LogP contribution in [-0.2, 0) is 16.0 Å². The number of rotatable bonds is 6. The van der Waals surface area contributed by atoms with Gasteiger partial charge in [-0.05, 0) is 38.0 Å². The molecular formula is C16H22O5. The van der Waals surface area contributed by atoms with Gasteiger partial charge in [-0.25, -0.2) is 0 Å². The molecule has 0 saturated carbocycles. The van der Waals surface area contributed by atoms with Gasteiger partial charge in [0.25, 0.3) is 0 Å². The summed E-state index contributed by atoms with van der Waals surface area (Å²) in [7, 11) is 1.59. The van der Waals surface area contributed by atoms with Gasteiger partial charge in [-0.2, -0.15) is 0 Å². The Balaban J connectivity index is 2.18. The van der Waals surface area contributed by atoms with Gasteiger partial charge in [-0.3, -0.25) is 4.79 Å². The van der Waals surface area contributed by atoms with Gasteiger partial charge >= 0.3 is 5.97 Å². The van der Waals surface area contributed by atoms with Crippen molar-refractivity contribution in [3.05, 3.63) is 23.8 Å². The Kier molecular flexibility index (Phi) is 4.73. The average Bonchev–Trinajstić information content (AvgIpc) is 2.91. The molecule has 0 bridgehead atoms. The van der Waals surface area contributed by atoms with Crippen LogP contribution in [0.25, 0.3) is 0 Å². The van der Waals surface area contributed by atoms with Crippen molar-refractivity contribution in [2.45, 2.75) is 32.8 Å². The number of aliphatic carboxylic acids is 1. The summed E-state index contributed by atoms with van der Waals surface area (Å²) in [6.45, 7) is 4.71. The van der Waals surface area contributed by atoms with Gasteiger partial charge in [0.15, 0.2) is 11.5 Å². The molecule has 1 heterocycles. The van der Waals surface area contributed by atoms with E-state index in [0.717, 1.165) is 12.0 Å². The molecule has 1 aromatic carbocycles. The number of carboxylic acid groups (broad SMARTS) is 1. The van der Waals surface area contributed by atoms with Crippen LogP contribution in [0.2, 0.25) is 0 Å². The van der Waals surface area contributed by atoms with E-state index in [-0.39, 0.29) is 6.10 Å². The molecule has 1 aliphatic heterocycles. The molecule has 0 spiro atoms. The highest BCUT2D eigenvalue weighted by Gasteiger charge is 2.28. The van der Waals surface area contributed by atoms with Gasteiger partial charge < -0.3 is 19.3 Å². The van der Waals surface area contributed by atoms with E-state index in [4.69, 9.17) is 14.2 Å². The minimum Gasteiger partial charge on any atom is -0.493 e. The van der Waals surface area contributed by atoms with Gasteiger partial charge in [-0.15, -0.1) is 0 Å². The molecule has 1 saturated heterocycles. The van der Waals surface area contributed by atoms with E-state index >= 15 is 0 Å². The fourth-order valence-corrected chi connectivity index (χ4v) is 2.29. The third kappa shape index (κ3) is 3.88. The number of carbonyl (C=O) groups is 1. The molecule has 1 aromatic rings. The predicted molar refractivity (Wildman–Crippen MR) is 78.0 cm³/mol. The molecule has 116 valence electrons. The smallest absolute Gasteiger partial charge is 0.309 e. The van der Waals surface area contributed by atoms with Crippen molar-refractivity contribution in [1.29, 1.82) is 0 Å². The lowest BCUT2D eigenvalue weighted by atomic mass is 9.86. The number of methoxy groups -OCH3 is 1. The van der Waals surface area contributed by atoms with E-state index in [1.54, 1.807) is 21.0 Å². The highest BCUT2D eigenvalue weighted by atomic mass is 16.6. The Labute approximate surface area is 124 Å². The normalized spacial score (nSPS) is 18.5. The third-order valence-electron chi connectivity index (χ3n) is 3.63. The van der Waals surface area contributed by atoms with Crippen molar-refractivity contribution in [3.63, 3.8) is 0 Å². The maximum atomic E-state index is 11.2. The molecule has 1 unspecified atom stereocenters. The summed E-state index contributed by atoms with van der Waals surface area (Å²) >= 11 is 0. The van der Waals surface area contributed by atoms with Crippen molar-refractivity contribution in [2.24, 2.45) is 5.41 Å². The fraction of sp³-hybridized carbons (Fsp3) is 0.562. The van der Waals surface area contributed by atoms with Crippen LogP contribution in [-0.4, -0.2) is 37.5 Å². The first-order valence-corrected chi connectivity index (χ1v) is 7.07. The van der Waals surface area contributed by atoms with Gasteiger partial charge in [0, 0.05) is 6.42 Å². The molecule has 0 amide bonds. The van der Waals surface area contributed by atoms with Gasteiger partial charge in [0.2, 0.25) is 0 Å². The van der Waals surface area contributed by atoms with Crippen LogP contribution in [0.15, 0.2) is 18.2 Å². The maximum Gasteiger partial charge on any atom is 0.309 e. The van der Waals surface area contributed by atoms with E-state index in [0.29, 0.717) is 31.1 Å². The zero-order valence-electron chi connectivity index (χ0n) is 12.7. The van der Waals surface area contributed by atoms with Crippen LogP contribution >= 0.6 is 0 Å². The summed E-state index contributed by atoms with van der Waals surface area (Å²) in [5.41, 5.74) is 0.0969. The Bertz CT molecular complexity index is 503. The first kappa shape index (κ1) is 15.6. The summed E-state index contributed by atoms with van der Waals surface area (Å²) in [5.74, 6) is 0.482. The average molecular weight is 294 g/mol. The molecule has 1 atom stereocenters. The van der Waals surface area contributed by atoms with Crippen LogP contribution < -0.4 is 9.47 Å². The number of hydrogen-bond acceptors (Lipinski definition) is 4. The minimum atomic E-state index is -0.817. The molecule has 2 rings (SSSR count). The first-order valence-electron chi connectivity index (χ1n) is 7.07. The van der Waals surface area contributed by atoms with Crippen LogP contribution in [0.5, 0.6) is 11.5 Å². The quantitative estimate of drug-likeness (QED) is 0.873. The second-order valence-corrected chi connectivity index (χ2v) is 5.95. The SMILES string of the molecule is COc1ccc(CC(C)(C)C(=O)O)cc1OC1CCOC1. The second-order valence-electron chi connectivity index (χ2n) is 5.95. The Morgan fingerprint density at radius 2 is 2.19 bits per heavy atom. The highest BCUT2D eigenvalue weighted by Crippen LogP contribution is 2.32. The summed E-state index contributed by atoms with van der Waals surface area (Å²) in [5, 5.41) is 9.23. The molecule has 0 aliphatic carbocycles. The Morgan fingerprint density at radius 1 is 1.43 bits per heavy atom. The van der Waals surface area contributed by atoms with Crippen LogP contribution in [0.3, 0.4) is 0 Å². The second kappa shape index (κ2) is 6.35. The van der Waals surface area contributed by atoms with Crippen molar-refractivity contribution in [3.8, 4) is 11.5 Å². The monoisotopic (exact) mass is 294 g/mol. The maximum absolute atomic E-state index is 11.2. The van der Waals surface area contributed by atoms with E-state index < -0.39 is 11.4 Å². The van der Waals surface area contributed by atoms with E-state index in [9.17, 15) is 9.90 Å². The van der Waals surface area contributed by atoms with Crippen molar-refractivity contribution in [1.82, 2.24) is 0 Å². The molecule has 1 aliphatic rings. The molecular weight excluding hydrogens is 272 g/mol. The minimum absolute atomic E-state index is 0.0293. The van der Waals surface area contributed by atoms with E-state index in [1.165, 1.54) is 0 Å². The fourth-order valence-electron chi connectivity index (χ4n) is 2.29. The molecule has 1 N–H and O–H groups in total. The topological polar surface area (TPSA) is 65.0 Å². The summed E-state index contributed by atoms with van der Waals surface area (Å²) in [4.78, 5) is 11.2. The van der Waals surface area contributed by atoms with Crippen molar-refractivity contribution in [2.75, 3.05) is 20.3 Å². The van der Waals surface area contributed by atoms with Gasteiger partial charge in [0.1, 0.15) is 6.10 Å². The zero-order valence-corrected chi connectivity index (χ0v) is 12.7. The predicted octanol–water partition coefficient (Wildman–Crippen LogP) is 2.52. The van der Waals surface area contributed by atoms with Crippen LogP contribution in [0, 0.1) is 5.41 Å². The first-order chi connectivity index (χ1) is 9.92. The van der Waals surface area contributed by atoms with E-state index in [2.05, 4.69) is 0 Å². The van der Waals surface area contributed by atoms with E-state index in [1.807, 2.05) is 18.2 Å². The lowest BCUT2D eigenvalue weighted by Crippen LogP contribution is -2.26. The zero-order chi connectivity index (χ0) is 15.5. The van der Waals surface area contributed by atoms with Gasteiger partial charge in [-0.1, -0.05) is 6.07 Å². The number of ether oxygens (including phenoxy) is 3. The summed E-state index contributed by atoms with van der Waals surface area (Å²) < 4.78 is 16.5. The lowest BCUT2D eigenvalue weighted by molar-refractivity contribution is -0.146. The van der Waals surface area contributed by atoms with Crippen LogP contribution in [0.1, 0.15) is 25.8 Å². The summed E-state index contributed by atoms with van der Waals surface area (Å²) in [6, 6.07) is 5.56. The number of hydrogen-bond donors (Lipinski definition) is 1. The standard InChI is InChI=1S/C16H22O5/c1-16(2,15(17)18)9-11-4-5-13(19-3)14(8-11)21-12-6-7-20-10-12/h4-5,8,12H,6-7,9-10H2,1-3H3,(H,17,18). The van der Waals surface area contributed by atoms with Crippen molar-refractivity contribution < 1.29 is 24.1 Å². The Morgan fingerprint density at radius 3 is 2.76 bits per heavy atom. The largest absolute Gasteiger partial charge is 0.493 e. The molecule has 0 radical (unpaired) electrons. The number of benzene rings is 1. The van der Waals surface area contributed by atoms with Crippen LogP contribution in [0.4, 0.5) is 0 Å².